The van der Waals surface area contributed by atoms with Gasteiger partial charge in [-0.25, -0.2) is 9.88 Å². The molecule has 6 rings (SSSR count). The minimum Gasteiger partial charge on any atom is -0.487 e. The van der Waals surface area contributed by atoms with Crippen LogP contribution in [0.5, 0.6) is 11.5 Å². The highest BCUT2D eigenvalue weighted by molar-refractivity contribution is 7.85. The first-order chi connectivity index (χ1) is 31.2. The van der Waals surface area contributed by atoms with Gasteiger partial charge in [0.25, 0.3) is 10.1 Å². The third kappa shape index (κ3) is 15.3. The normalized spacial score (nSPS) is 14.2. The molecule has 346 valence electrons. The molecule has 3 heterocycles. The number of para-hydroxylation sites is 1. The molecule has 2 aromatic heterocycles. The lowest BCUT2D eigenvalue weighted by Gasteiger charge is -2.23. The number of aromatic nitrogens is 4. The number of fused-ring (bicyclic) bond motifs is 2. The van der Waals surface area contributed by atoms with Gasteiger partial charge in [-0.3, -0.25) is 9.35 Å². The van der Waals surface area contributed by atoms with Gasteiger partial charge >= 0.3 is 0 Å². The summed E-state index contributed by atoms with van der Waals surface area (Å²) in [5.74, 6) is 0.496. The van der Waals surface area contributed by atoms with Gasteiger partial charge in [0, 0.05) is 18.1 Å². The van der Waals surface area contributed by atoms with E-state index in [4.69, 9.17) is 45.3 Å². The van der Waals surface area contributed by atoms with Crippen molar-refractivity contribution in [2.75, 3.05) is 63.1 Å². The molecule has 0 saturated carbocycles. The molecule has 18 heteroatoms. The molecule has 15 nitrogen and oxygen atoms in total. The maximum Gasteiger partial charge on any atom is 0.294 e. The molecule has 1 aliphatic heterocycles. The van der Waals surface area contributed by atoms with E-state index >= 15 is 0 Å². The van der Waals surface area contributed by atoms with Gasteiger partial charge in [0.1, 0.15) is 18.2 Å². The van der Waals surface area contributed by atoms with Crippen LogP contribution in [0, 0.1) is 0 Å². The molecule has 0 fully saturated rings. The van der Waals surface area contributed by atoms with E-state index < -0.39 is 10.1 Å². The SMILES string of the molecule is CCCCCCCCCCCCCCCC(=O)N(c1ccc2c(c1)OCCOCCOCCOCCO2)c1nc(Cl)nc(Nc2ccc(S(=O)(=O)O)cc2-c2nc3ccccc3s2)n1. The number of carbonyl (C=O) groups is 1. The van der Waals surface area contributed by atoms with E-state index in [-0.39, 0.29) is 47.6 Å². The molecule has 1 amide bonds. The molecule has 64 heavy (non-hydrogen) atoms. The standard InChI is InChI=1S/C46H59ClN6O9S2/c1-2-3-4-5-6-7-8-9-10-11-12-13-14-19-42(54)53(34-20-23-39-40(32-34)62-31-29-60-27-25-58-24-26-59-28-30-61-39)46-51-44(47)50-45(52-46)49-37-22-21-35(64(55,56)57)33-36(37)43-48-38-17-15-16-18-41(38)63-43/h15-18,20-23,32-33H,2-14,19,24-31H2,1H3,(H,55,56,57)(H,49,50,51,52). The largest absolute Gasteiger partial charge is 0.487 e. The van der Waals surface area contributed by atoms with Gasteiger partial charge < -0.3 is 29.0 Å². The van der Waals surface area contributed by atoms with Crippen LogP contribution in [0.3, 0.4) is 0 Å². The molecular weight excluding hydrogens is 880 g/mol. The number of amides is 1. The number of ether oxygens (including phenoxy) is 5. The zero-order valence-corrected chi connectivity index (χ0v) is 38.9. The molecule has 5 aromatic rings. The van der Waals surface area contributed by atoms with Crippen molar-refractivity contribution in [2.24, 2.45) is 0 Å². The topological polar surface area (TPSA) is 184 Å². The predicted octanol–water partition coefficient (Wildman–Crippen LogP) is 10.8. The average Bonchev–Trinajstić information content (AvgIpc) is 3.71. The summed E-state index contributed by atoms with van der Waals surface area (Å²) in [5.41, 5.74) is 1.86. The van der Waals surface area contributed by atoms with Crippen LogP contribution < -0.4 is 19.7 Å². The molecule has 0 spiro atoms. The van der Waals surface area contributed by atoms with Crippen molar-refractivity contribution in [3.05, 3.63) is 65.9 Å². The van der Waals surface area contributed by atoms with Crippen LogP contribution in [-0.4, -0.2) is 91.7 Å². The third-order valence-corrected chi connectivity index (χ3v) is 12.6. The third-order valence-electron chi connectivity index (χ3n) is 10.5. The first-order valence-corrected chi connectivity index (χ1v) is 24.9. The van der Waals surface area contributed by atoms with E-state index in [0.717, 1.165) is 24.0 Å². The van der Waals surface area contributed by atoms with Crippen molar-refractivity contribution >= 4 is 72.5 Å². The number of carbonyl (C=O) groups excluding carboxylic acids is 1. The predicted molar refractivity (Wildman–Crippen MR) is 250 cm³/mol. The summed E-state index contributed by atoms with van der Waals surface area (Å²) in [6.45, 7) is 5.06. The fourth-order valence-electron chi connectivity index (χ4n) is 7.18. The number of benzene rings is 3. The Labute approximate surface area is 385 Å². The van der Waals surface area contributed by atoms with E-state index in [9.17, 15) is 17.8 Å². The van der Waals surface area contributed by atoms with Gasteiger partial charge in [0.15, 0.2) is 11.5 Å². The second-order valence-corrected chi connectivity index (χ2v) is 18.2. The van der Waals surface area contributed by atoms with Crippen molar-refractivity contribution in [1.29, 1.82) is 0 Å². The fourth-order valence-corrected chi connectivity index (χ4v) is 8.84. The molecule has 1 aliphatic rings. The zero-order chi connectivity index (χ0) is 45.0. The Kier molecular flexibility index (Phi) is 19.8. The maximum atomic E-state index is 14.4. The second-order valence-electron chi connectivity index (χ2n) is 15.4. The van der Waals surface area contributed by atoms with E-state index in [1.54, 1.807) is 18.2 Å². The van der Waals surface area contributed by atoms with Crippen molar-refractivity contribution < 1.29 is 41.4 Å². The lowest BCUT2D eigenvalue weighted by molar-refractivity contribution is -0.118. The van der Waals surface area contributed by atoms with Gasteiger partial charge in [-0.1, -0.05) is 96.1 Å². The number of hydrogen-bond acceptors (Lipinski definition) is 14. The van der Waals surface area contributed by atoms with E-state index in [1.807, 2.05) is 24.3 Å². The highest BCUT2D eigenvalue weighted by Gasteiger charge is 2.25. The number of nitrogens with zero attached hydrogens (tertiary/aromatic N) is 5. The molecule has 3 aromatic carbocycles. The molecule has 0 aliphatic carbocycles. The highest BCUT2D eigenvalue weighted by atomic mass is 35.5. The minimum absolute atomic E-state index is 0.0226. The van der Waals surface area contributed by atoms with Crippen LogP contribution in [-0.2, 0) is 29.1 Å². The van der Waals surface area contributed by atoms with Crippen LogP contribution in [0.2, 0.25) is 5.28 Å². The van der Waals surface area contributed by atoms with Crippen LogP contribution in [0.4, 0.5) is 23.3 Å². The Hall–Kier alpha value is -4.49. The number of thiazole rings is 1. The smallest absolute Gasteiger partial charge is 0.294 e. The minimum atomic E-state index is -4.56. The number of hydrogen-bond donors (Lipinski definition) is 2. The van der Waals surface area contributed by atoms with E-state index in [2.05, 4.69) is 22.2 Å². The van der Waals surface area contributed by atoms with Crippen molar-refractivity contribution in [3.63, 3.8) is 0 Å². The molecule has 2 N–H and O–H groups in total. The van der Waals surface area contributed by atoms with E-state index in [1.165, 1.54) is 92.2 Å². The Morgan fingerprint density at radius 3 is 1.97 bits per heavy atom. The molecular formula is C46H59ClN6O9S2. The summed E-state index contributed by atoms with van der Waals surface area (Å²) in [6.07, 6.45) is 15.5. The lowest BCUT2D eigenvalue weighted by atomic mass is 10.0. The summed E-state index contributed by atoms with van der Waals surface area (Å²) in [7, 11) is -4.56. The quantitative estimate of drug-likeness (QED) is 0.0555. The van der Waals surface area contributed by atoms with Gasteiger partial charge in [-0.2, -0.15) is 23.4 Å². The maximum absolute atomic E-state index is 14.4. The summed E-state index contributed by atoms with van der Waals surface area (Å²) in [4.78, 5) is 33.7. The number of nitrogens with one attached hydrogen (secondary N) is 1. The lowest BCUT2D eigenvalue weighted by Crippen LogP contribution is -2.28. The first kappa shape index (κ1) is 49.0. The van der Waals surface area contributed by atoms with Gasteiger partial charge in [0.2, 0.25) is 23.1 Å². The van der Waals surface area contributed by atoms with Crippen LogP contribution in [0.1, 0.15) is 96.8 Å². The number of unbranched alkanes of at least 4 members (excludes halogenated alkanes) is 12. The van der Waals surface area contributed by atoms with Gasteiger partial charge in [-0.05, 0) is 60.5 Å². The average molecular weight is 940 g/mol. The molecule has 0 saturated heterocycles. The second kappa shape index (κ2) is 25.9. The summed E-state index contributed by atoms with van der Waals surface area (Å²) in [5, 5.41) is 3.43. The zero-order valence-electron chi connectivity index (χ0n) is 36.5. The number of anilines is 4. The van der Waals surface area contributed by atoms with Gasteiger partial charge in [-0.15, -0.1) is 11.3 Å². The summed E-state index contributed by atoms with van der Waals surface area (Å²) < 4.78 is 64.4. The molecule has 0 atom stereocenters. The summed E-state index contributed by atoms with van der Waals surface area (Å²) >= 11 is 7.94. The number of halogens is 1. The van der Waals surface area contributed by atoms with Gasteiger partial charge in [0.05, 0.1) is 66.1 Å². The Morgan fingerprint density at radius 2 is 1.33 bits per heavy atom. The molecule has 0 bridgehead atoms. The summed E-state index contributed by atoms with van der Waals surface area (Å²) in [6, 6.07) is 16.7. The monoisotopic (exact) mass is 938 g/mol. The Balaban J connectivity index is 1.24. The Bertz CT molecular complexity index is 2320. The van der Waals surface area contributed by atoms with Crippen molar-refractivity contribution in [1.82, 2.24) is 19.9 Å². The van der Waals surface area contributed by atoms with Crippen molar-refractivity contribution in [3.8, 4) is 22.1 Å². The Morgan fingerprint density at radius 1 is 0.719 bits per heavy atom. The fraction of sp³-hybridized carbons (Fsp3) is 0.500. The van der Waals surface area contributed by atoms with Crippen LogP contribution in [0.15, 0.2) is 65.6 Å². The van der Waals surface area contributed by atoms with Crippen molar-refractivity contribution in [2.45, 2.75) is 102 Å². The molecule has 0 unspecified atom stereocenters. The highest BCUT2D eigenvalue weighted by Crippen LogP contribution is 2.39. The van der Waals surface area contributed by atoms with E-state index in [0.29, 0.717) is 85.0 Å². The first-order valence-electron chi connectivity index (χ1n) is 22.3. The van der Waals surface area contributed by atoms with Crippen LogP contribution in [0.25, 0.3) is 20.8 Å². The van der Waals surface area contributed by atoms with Crippen LogP contribution >= 0.6 is 22.9 Å². The number of rotatable bonds is 20. The molecule has 0 radical (unpaired) electrons.